The number of aromatic amines is 1. The fourth-order valence-corrected chi connectivity index (χ4v) is 3.18. The maximum Gasteiger partial charge on any atom is 0.344 e. The molecule has 0 spiro atoms. The van der Waals surface area contributed by atoms with Crippen molar-refractivity contribution in [1.82, 2.24) is 20.1 Å². The van der Waals surface area contributed by atoms with Gasteiger partial charge in [-0.25, -0.2) is 9.89 Å². The minimum absolute atomic E-state index is 0.0689. The van der Waals surface area contributed by atoms with Crippen LogP contribution in [0.2, 0.25) is 0 Å². The van der Waals surface area contributed by atoms with Crippen molar-refractivity contribution in [3.05, 3.63) is 10.5 Å². The average Bonchev–Trinajstić information content (AvgIpc) is 3.04. The summed E-state index contributed by atoms with van der Waals surface area (Å²) in [5.74, 6) is 1.51. The molecule has 1 aromatic rings. The molecular weight excluding hydrogens is 236 g/mol. The lowest BCUT2D eigenvalue weighted by atomic mass is 10.1. The Balaban J connectivity index is 2.01. The van der Waals surface area contributed by atoms with Gasteiger partial charge in [-0.15, -0.1) is 5.10 Å². The lowest BCUT2D eigenvalue weighted by Gasteiger charge is -2.19. The minimum atomic E-state index is -0.0689. The third-order valence-corrected chi connectivity index (χ3v) is 4.22. The van der Waals surface area contributed by atoms with Gasteiger partial charge in [-0.05, 0) is 25.8 Å². The molecule has 6 heteroatoms. The molecule has 17 heavy (non-hydrogen) atoms. The van der Waals surface area contributed by atoms with Gasteiger partial charge in [0.25, 0.3) is 0 Å². The van der Waals surface area contributed by atoms with Crippen LogP contribution in [0, 0.1) is 5.92 Å². The summed E-state index contributed by atoms with van der Waals surface area (Å²) in [5, 5.41) is 10.8. The topological polar surface area (TPSA) is 62.7 Å². The molecule has 0 radical (unpaired) electrons. The van der Waals surface area contributed by atoms with E-state index >= 15 is 0 Å². The number of H-pyrrole nitrogens is 1. The van der Waals surface area contributed by atoms with E-state index in [2.05, 4.69) is 29.4 Å². The largest absolute Gasteiger partial charge is 0.344 e. The van der Waals surface area contributed by atoms with E-state index in [0.29, 0.717) is 18.0 Å². The van der Waals surface area contributed by atoms with Crippen LogP contribution < -0.4 is 11.0 Å². The molecule has 1 heterocycles. The minimum Gasteiger partial charge on any atom is -0.316 e. The van der Waals surface area contributed by atoms with Crippen LogP contribution in [-0.4, -0.2) is 33.6 Å². The van der Waals surface area contributed by atoms with Crippen LogP contribution >= 0.6 is 11.8 Å². The van der Waals surface area contributed by atoms with E-state index in [0.717, 1.165) is 23.8 Å². The van der Waals surface area contributed by atoms with Crippen LogP contribution in [0.1, 0.15) is 32.7 Å². The first-order valence-electron chi connectivity index (χ1n) is 6.10. The third-order valence-electron chi connectivity index (χ3n) is 3.15. The maximum absolute atomic E-state index is 11.6. The standard InChI is InChI=1S/C11H20N4OS/c1-7(2)9(12-3)6-17-11-14-13-10(16)15(11)8-4-5-8/h7-9,12H,4-6H2,1-3H3,(H,13,16). The molecule has 0 aromatic carbocycles. The Bertz CT molecular complexity index is 421. The van der Waals surface area contributed by atoms with Gasteiger partial charge in [-0.2, -0.15) is 0 Å². The van der Waals surface area contributed by atoms with Gasteiger partial charge in [0, 0.05) is 17.8 Å². The van der Waals surface area contributed by atoms with Gasteiger partial charge in [0.15, 0.2) is 5.16 Å². The van der Waals surface area contributed by atoms with Crippen LogP contribution in [-0.2, 0) is 0 Å². The molecule has 96 valence electrons. The van der Waals surface area contributed by atoms with Crippen molar-refractivity contribution in [2.75, 3.05) is 12.8 Å². The Kier molecular flexibility index (Phi) is 3.93. The monoisotopic (exact) mass is 256 g/mol. The summed E-state index contributed by atoms with van der Waals surface area (Å²) in [4.78, 5) is 11.6. The third kappa shape index (κ3) is 2.93. The molecule has 0 saturated heterocycles. The molecular formula is C11H20N4OS. The van der Waals surface area contributed by atoms with Gasteiger partial charge in [-0.3, -0.25) is 4.57 Å². The van der Waals surface area contributed by atoms with Gasteiger partial charge in [0.1, 0.15) is 0 Å². The summed E-state index contributed by atoms with van der Waals surface area (Å²) in [5.41, 5.74) is -0.0689. The van der Waals surface area contributed by atoms with Gasteiger partial charge >= 0.3 is 5.69 Å². The van der Waals surface area contributed by atoms with E-state index in [4.69, 9.17) is 0 Å². The zero-order chi connectivity index (χ0) is 12.4. The number of nitrogens with one attached hydrogen (secondary N) is 2. The van der Waals surface area contributed by atoms with Crippen LogP contribution in [0.15, 0.2) is 9.95 Å². The summed E-state index contributed by atoms with van der Waals surface area (Å²) < 4.78 is 1.80. The van der Waals surface area contributed by atoms with Crippen molar-refractivity contribution < 1.29 is 0 Å². The Morgan fingerprint density at radius 3 is 2.82 bits per heavy atom. The molecule has 0 aliphatic heterocycles. The first kappa shape index (κ1) is 12.7. The van der Waals surface area contributed by atoms with Crippen molar-refractivity contribution in [3.63, 3.8) is 0 Å². The lowest BCUT2D eigenvalue weighted by Crippen LogP contribution is -2.33. The Hall–Kier alpha value is -0.750. The molecule has 1 fully saturated rings. The maximum atomic E-state index is 11.6. The highest BCUT2D eigenvalue weighted by Crippen LogP contribution is 2.36. The van der Waals surface area contributed by atoms with Crippen molar-refractivity contribution >= 4 is 11.8 Å². The van der Waals surface area contributed by atoms with Crippen molar-refractivity contribution in [2.24, 2.45) is 5.92 Å². The van der Waals surface area contributed by atoms with E-state index in [1.807, 2.05) is 7.05 Å². The molecule has 0 bridgehead atoms. The average molecular weight is 256 g/mol. The molecule has 5 nitrogen and oxygen atoms in total. The smallest absolute Gasteiger partial charge is 0.316 e. The summed E-state index contributed by atoms with van der Waals surface area (Å²) >= 11 is 1.66. The number of thioether (sulfide) groups is 1. The number of aromatic nitrogens is 3. The van der Waals surface area contributed by atoms with Gasteiger partial charge < -0.3 is 5.32 Å². The second-order valence-electron chi connectivity index (χ2n) is 4.86. The highest BCUT2D eigenvalue weighted by Gasteiger charge is 2.28. The number of rotatable bonds is 6. The van der Waals surface area contributed by atoms with Crippen LogP contribution in [0.5, 0.6) is 0 Å². The Morgan fingerprint density at radius 2 is 2.29 bits per heavy atom. The zero-order valence-electron chi connectivity index (χ0n) is 10.6. The highest BCUT2D eigenvalue weighted by atomic mass is 32.2. The number of hydrogen-bond donors (Lipinski definition) is 2. The van der Waals surface area contributed by atoms with Gasteiger partial charge in [0.2, 0.25) is 0 Å². The highest BCUT2D eigenvalue weighted by molar-refractivity contribution is 7.99. The Labute approximate surface area is 105 Å². The molecule has 1 aliphatic carbocycles. The van der Waals surface area contributed by atoms with Crippen LogP contribution in [0.3, 0.4) is 0 Å². The molecule has 1 unspecified atom stereocenters. The lowest BCUT2D eigenvalue weighted by molar-refractivity contribution is 0.465. The molecule has 0 amide bonds. The summed E-state index contributed by atoms with van der Waals surface area (Å²) in [6, 6.07) is 0.829. The van der Waals surface area contributed by atoms with E-state index in [-0.39, 0.29) is 5.69 Å². The van der Waals surface area contributed by atoms with Gasteiger partial charge in [0.05, 0.1) is 0 Å². The van der Waals surface area contributed by atoms with Crippen molar-refractivity contribution in [1.29, 1.82) is 0 Å². The molecule has 1 aromatic heterocycles. The molecule has 2 N–H and O–H groups in total. The fraction of sp³-hybridized carbons (Fsp3) is 0.818. The van der Waals surface area contributed by atoms with E-state index in [1.54, 1.807) is 16.3 Å². The fourth-order valence-electron chi connectivity index (χ4n) is 1.82. The van der Waals surface area contributed by atoms with E-state index in [1.165, 1.54) is 0 Å². The van der Waals surface area contributed by atoms with Crippen LogP contribution in [0.25, 0.3) is 0 Å². The SMILES string of the molecule is CNC(CSc1n[nH]c(=O)n1C1CC1)C(C)C. The normalized spacial score (nSPS) is 17.6. The summed E-state index contributed by atoms with van der Waals surface area (Å²) in [6.07, 6.45) is 2.21. The number of hydrogen-bond acceptors (Lipinski definition) is 4. The molecule has 1 saturated carbocycles. The predicted octanol–water partition coefficient (Wildman–Crippen LogP) is 1.24. The second-order valence-corrected chi connectivity index (χ2v) is 5.85. The molecule has 2 rings (SSSR count). The summed E-state index contributed by atoms with van der Waals surface area (Å²) in [7, 11) is 1.98. The number of nitrogens with zero attached hydrogens (tertiary/aromatic N) is 2. The first-order valence-corrected chi connectivity index (χ1v) is 7.09. The van der Waals surface area contributed by atoms with E-state index < -0.39 is 0 Å². The van der Waals surface area contributed by atoms with Crippen LogP contribution in [0.4, 0.5) is 0 Å². The predicted molar refractivity (Wildman–Crippen MR) is 69.5 cm³/mol. The summed E-state index contributed by atoms with van der Waals surface area (Å²) in [6.45, 7) is 4.39. The quantitative estimate of drug-likeness (QED) is 0.752. The zero-order valence-corrected chi connectivity index (χ0v) is 11.4. The Morgan fingerprint density at radius 1 is 1.59 bits per heavy atom. The van der Waals surface area contributed by atoms with Crippen molar-refractivity contribution in [2.45, 2.75) is 43.9 Å². The van der Waals surface area contributed by atoms with Gasteiger partial charge in [-0.1, -0.05) is 25.6 Å². The molecule has 1 atom stereocenters. The second kappa shape index (κ2) is 5.27. The molecule has 1 aliphatic rings. The van der Waals surface area contributed by atoms with E-state index in [9.17, 15) is 4.79 Å². The van der Waals surface area contributed by atoms with Crippen molar-refractivity contribution in [3.8, 4) is 0 Å². The first-order chi connectivity index (χ1) is 8.13.